The van der Waals surface area contributed by atoms with Crippen molar-refractivity contribution < 1.29 is 4.79 Å². The summed E-state index contributed by atoms with van der Waals surface area (Å²) in [6, 6.07) is 5.56. The molecule has 1 aliphatic rings. The second kappa shape index (κ2) is 2.52. The van der Waals surface area contributed by atoms with Crippen molar-refractivity contribution in [1.82, 2.24) is 0 Å². The van der Waals surface area contributed by atoms with Gasteiger partial charge in [0.15, 0.2) is 0 Å². The van der Waals surface area contributed by atoms with Crippen LogP contribution >= 0.6 is 15.9 Å². The Kier molecular flexibility index (Phi) is 1.61. The first-order valence-corrected chi connectivity index (χ1v) is 4.38. The van der Waals surface area contributed by atoms with E-state index in [1.165, 1.54) is 0 Å². The van der Waals surface area contributed by atoms with Crippen molar-refractivity contribution in [2.75, 3.05) is 0 Å². The average molecular weight is 224 g/mol. The van der Waals surface area contributed by atoms with Gasteiger partial charge < -0.3 is 5.41 Å². The second-order valence-corrected chi connectivity index (χ2v) is 3.70. The van der Waals surface area contributed by atoms with Crippen LogP contribution in [0.4, 0.5) is 0 Å². The van der Waals surface area contributed by atoms with Crippen LogP contribution in [-0.2, 0) is 6.42 Å². The number of hydrogen-bond donors (Lipinski definition) is 1. The summed E-state index contributed by atoms with van der Waals surface area (Å²) in [6.45, 7) is 0. The molecule has 1 aromatic carbocycles. The summed E-state index contributed by atoms with van der Waals surface area (Å²) in [5, 5.41) is 7.35. The number of ketones is 1. The standard InChI is InChI=1S/C9H6BrNO/c10-6-2-1-5-3-8(11)9(12)7(5)4-6/h1-2,4,11H,3H2. The Balaban J connectivity index is 2.63. The lowest BCUT2D eigenvalue weighted by Crippen LogP contribution is -2.04. The number of carbonyl (C=O) groups excluding carboxylic acids is 1. The summed E-state index contributed by atoms with van der Waals surface area (Å²) < 4.78 is 0.893. The van der Waals surface area contributed by atoms with E-state index < -0.39 is 0 Å². The zero-order valence-corrected chi connectivity index (χ0v) is 7.81. The van der Waals surface area contributed by atoms with Crippen LogP contribution in [0, 0.1) is 5.41 Å². The maximum atomic E-state index is 11.3. The molecule has 0 heterocycles. The van der Waals surface area contributed by atoms with Gasteiger partial charge in [0.2, 0.25) is 5.78 Å². The number of fused-ring (bicyclic) bond motifs is 1. The van der Waals surface area contributed by atoms with Gasteiger partial charge in [-0.05, 0) is 17.7 Å². The zero-order valence-electron chi connectivity index (χ0n) is 6.23. The van der Waals surface area contributed by atoms with Gasteiger partial charge in [0.05, 0.1) is 5.71 Å². The summed E-state index contributed by atoms with van der Waals surface area (Å²) >= 11 is 3.29. The maximum Gasteiger partial charge on any atom is 0.207 e. The highest BCUT2D eigenvalue weighted by Crippen LogP contribution is 2.23. The van der Waals surface area contributed by atoms with E-state index in [9.17, 15) is 4.79 Å². The molecular weight excluding hydrogens is 218 g/mol. The summed E-state index contributed by atoms with van der Waals surface area (Å²) in [7, 11) is 0. The van der Waals surface area contributed by atoms with Gasteiger partial charge in [0.25, 0.3) is 0 Å². The van der Waals surface area contributed by atoms with Crippen molar-refractivity contribution in [3.05, 3.63) is 33.8 Å². The number of nitrogens with one attached hydrogen (secondary N) is 1. The molecule has 2 nitrogen and oxygen atoms in total. The number of hydrogen-bond acceptors (Lipinski definition) is 2. The monoisotopic (exact) mass is 223 g/mol. The van der Waals surface area contributed by atoms with E-state index in [-0.39, 0.29) is 11.5 Å². The highest BCUT2D eigenvalue weighted by Gasteiger charge is 2.24. The van der Waals surface area contributed by atoms with Crippen LogP contribution in [-0.4, -0.2) is 11.5 Å². The summed E-state index contributed by atoms with van der Waals surface area (Å²) in [5.41, 5.74) is 1.84. The second-order valence-electron chi connectivity index (χ2n) is 2.79. The lowest BCUT2D eigenvalue weighted by atomic mass is 10.1. The number of carbonyl (C=O) groups is 1. The van der Waals surface area contributed by atoms with Crippen molar-refractivity contribution in [3.8, 4) is 0 Å². The lowest BCUT2D eigenvalue weighted by molar-refractivity contribution is 0.106. The highest BCUT2D eigenvalue weighted by molar-refractivity contribution is 9.10. The van der Waals surface area contributed by atoms with Crippen LogP contribution in [0.2, 0.25) is 0 Å². The van der Waals surface area contributed by atoms with Gasteiger partial charge in [-0.3, -0.25) is 4.79 Å². The molecule has 2 rings (SSSR count). The maximum absolute atomic E-state index is 11.3. The fourth-order valence-electron chi connectivity index (χ4n) is 1.35. The third kappa shape index (κ3) is 1.01. The summed E-state index contributed by atoms with van der Waals surface area (Å²) in [6.07, 6.45) is 0.488. The minimum Gasteiger partial charge on any atom is -0.301 e. The smallest absolute Gasteiger partial charge is 0.207 e. The average Bonchev–Trinajstić information content (AvgIpc) is 2.31. The summed E-state index contributed by atoms with van der Waals surface area (Å²) in [4.78, 5) is 11.3. The third-order valence-electron chi connectivity index (χ3n) is 1.96. The van der Waals surface area contributed by atoms with Crippen LogP contribution in [0.3, 0.4) is 0 Å². The molecular formula is C9H6BrNO. The molecule has 0 radical (unpaired) electrons. The van der Waals surface area contributed by atoms with Gasteiger partial charge >= 0.3 is 0 Å². The SMILES string of the molecule is N=C1Cc2ccc(Br)cc2C1=O. The predicted molar refractivity (Wildman–Crippen MR) is 49.9 cm³/mol. The van der Waals surface area contributed by atoms with Crippen LogP contribution in [0.25, 0.3) is 0 Å². The Hall–Kier alpha value is -0.960. The molecule has 0 amide bonds. The van der Waals surface area contributed by atoms with E-state index in [1.54, 1.807) is 6.07 Å². The van der Waals surface area contributed by atoms with Gasteiger partial charge in [-0.25, -0.2) is 0 Å². The summed E-state index contributed by atoms with van der Waals surface area (Å²) in [5.74, 6) is -0.133. The van der Waals surface area contributed by atoms with Crippen LogP contribution in [0.15, 0.2) is 22.7 Å². The van der Waals surface area contributed by atoms with Gasteiger partial charge in [0, 0.05) is 16.5 Å². The molecule has 0 saturated heterocycles. The Bertz CT molecular complexity index is 384. The molecule has 3 heteroatoms. The quantitative estimate of drug-likeness (QED) is 0.721. The Morgan fingerprint density at radius 2 is 2.17 bits per heavy atom. The molecule has 1 aliphatic carbocycles. The van der Waals surface area contributed by atoms with Gasteiger partial charge in [0.1, 0.15) is 0 Å². The van der Waals surface area contributed by atoms with E-state index in [2.05, 4.69) is 15.9 Å². The van der Waals surface area contributed by atoms with Gasteiger partial charge in [-0.1, -0.05) is 22.0 Å². The van der Waals surface area contributed by atoms with E-state index in [1.807, 2.05) is 12.1 Å². The predicted octanol–water partition coefficient (Wildman–Crippen LogP) is 2.21. The van der Waals surface area contributed by atoms with Crippen LogP contribution in [0.5, 0.6) is 0 Å². The van der Waals surface area contributed by atoms with Crippen molar-refractivity contribution in [3.63, 3.8) is 0 Å². The molecule has 12 heavy (non-hydrogen) atoms. The van der Waals surface area contributed by atoms with E-state index >= 15 is 0 Å². The van der Waals surface area contributed by atoms with Crippen molar-refractivity contribution in [2.45, 2.75) is 6.42 Å². The molecule has 0 spiro atoms. The van der Waals surface area contributed by atoms with Crippen molar-refractivity contribution >= 4 is 27.4 Å². The Labute approximate surface area is 78.2 Å². The largest absolute Gasteiger partial charge is 0.301 e. The molecule has 0 atom stereocenters. The fraction of sp³-hybridized carbons (Fsp3) is 0.111. The number of rotatable bonds is 0. The molecule has 0 bridgehead atoms. The first kappa shape index (κ1) is 7.68. The normalized spacial score (nSPS) is 15.1. The molecule has 60 valence electrons. The van der Waals surface area contributed by atoms with E-state index in [0.717, 1.165) is 10.0 Å². The Morgan fingerprint density at radius 1 is 1.42 bits per heavy atom. The topological polar surface area (TPSA) is 40.9 Å². The number of Topliss-reactive ketones (excluding diaryl/α,β-unsaturated/α-hetero) is 1. The van der Waals surface area contributed by atoms with Crippen molar-refractivity contribution in [1.29, 1.82) is 5.41 Å². The lowest BCUT2D eigenvalue weighted by Gasteiger charge is -1.95. The molecule has 0 saturated carbocycles. The Morgan fingerprint density at radius 3 is 2.92 bits per heavy atom. The first-order valence-electron chi connectivity index (χ1n) is 3.59. The molecule has 0 unspecified atom stereocenters. The third-order valence-corrected chi connectivity index (χ3v) is 2.45. The van der Waals surface area contributed by atoms with Crippen molar-refractivity contribution in [2.24, 2.45) is 0 Å². The minimum absolute atomic E-state index is 0.133. The van der Waals surface area contributed by atoms with Gasteiger partial charge in [-0.15, -0.1) is 0 Å². The molecule has 1 N–H and O–H groups in total. The minimum atomic E-state index is -0.133. The van der Waals surface area contributed by atoms with Crippen LogP contribution in [0.1, 0.15) is 15.9 Å². The molecule has 0 aliphatic heterocycles. The number of benzene rings is 1. The number of halogens is 1. The van der Waals surface area contributed by atoms with E-state index in [0.29, 0.717) is 12.0 Å². The first-order chi connectivity index (χ1) is 5.68. The zero-order chi connectivity index (χ0) is 8.72. The molecule has 0 aromatic heterocycles. The van der Waals surface area contributed by atoms with Gasteiger partial charge in [-0.2, -0.15) is 0 Å². The fourth-order valence-corrected chi connectivity index (χ4v) is 1.71. The highest BCUT2D eigenvalue weighted by atomic mass is 79.9. The molecule has 1 aromatic rings. The van der Waals surface area contributed by atoms with Crippen LogP contribution < -0.4 is 0 Å². The molecule has 0 fully saturated rings. The van der Waals surface area contributed by atoms with E-state index in [4.69, 9.17) is 5.41 Å².